The Kier molecular flexibility index (Phi) is 7.01. The van der Waals surface area contributed by atoms with Crippen molar-refractivity contribution in [3.8, 4) is 0 Å². The van der Waals surface area contributed by atoms with Crippen LogP contribution in [0.2, 0.25) is 0 Å². The Hall–Kier alpha value is -1.24. The predicted molar refractivity (Wildman–Crippen MR) is 80.5 cm³/mol. The van der Waals surface area contributed by atoms with Crippen molar-refractivity contribution >= 4 is 24.0 Å². The Balaban J connectivity index is 0.00000220. The van der Waals surface area contributed by atoms with Crippen molar-refractivity contribution in [2.24, 2.45) is 11.7 Å². The van der Waals surface area contributed by atoms with Crippen LogP contribution in [0.4, 0.5) is 14.5 Å². The van der Waals surface area contributed by atoms with Crippen LogP contribution in [0, 0.1) is 17.6 Å². The third kappa shape index (κ3) is 5.22. The molecular formula is C14H20ClF2N3O. The summed E-state index contributed by atoms with van der Waals surface area (Å²) in [7, 11) is 0. The summed E-state index contributed by atoms with van der Waals surface area (Å²) in [5.74, 6) is -1.03. The largest absolute Gasteiger partial charge is 0.330 e. The topological polar surface area (TPSA) is 58.4 Å². The van der Waals surface area contributed by atoms with Gasteiger partial charge in [-0.3, -0.25) is 9.69 Å². The third-order valence-electron chi connectivity index (χ3n) is 3.61. The number of likely N-dealkylation sites (tertiary alicyclic amines) is 1. The fourth-order valence-electron chi connectivity index (χ4n) is 2.37. The Morgan fingerprint density at radius 1 is 1.33 bits per heavy atom. The highest BCUT2D eigenvalue weighted by atomic mass is 35.5. The number of amides is 1. The number of halogens is 3. The van der Waals surface area contributed by atoms with E-state index in [9.17, 15) is 13.6 Å². The zero-order valence-corrected chi connectivity index (χ0v) is 12.5. The fourth-order valence-corrected chi connectivity index (χ4v) is 2.37. The molecule has 0 atom stereocenters. The van der Waals surface area contributed by atoms with E-state index in [1.165, 1.54) is 0 Å². The summed E-state index contributed by atoms with van der Waals surface area (Å²) in [5.41, 5.74) is 5.49. The Labute approximate surface area is 129 Å². The first kappa shape index (κ1) is 17.8. The number of hydrogen-bond donors (Lipinski definition) is 2. The highest BCUT2D eigenvalue weighted by Gasteiger charge is 2.20. The maximum absolute atomic E-state index is 13.4. The Morgan fingerprint density at radius 3 is 2.62 bits per heavy atom. The molecular weight excluding hydrogens is 300 g/mol. The number of hydrogen-bond acceptors (Lipinski definition) is 3. The summed E-state index contributed by atoms with van der Waals surface area (Å²) in [6.45, 7) is 2.48. The van der Waals surface area contributed by atoms with Gasteiger partial charge in [0.15, 0.2) is 0 Å². The number of nitrogens with one attached hydrogen (secondary N) is 1. The number of piperidine rings is 1. The van der Waals surface area contributed by atoms with Gasteiger partial charge in [0.05, 0.1) is 12.2 Å². The van der Waals surface area contributed by atoms with Gasteiger partial charge in [-0.15, -0.1) is 12.4 Å². The fraction of sp³-hybridized carbons (Fsp3) is 0.500. The Bertz CT molecular complexity index is 479. The van der Waals surface area contributed by atoms with Crippen molar-refractivity contribution in [2.75, 3.05) is 31.5 Å². The molecule has 0 saturated carbocycles. The number of carbonyl (C=O) groups is 1. The van der Waals surface area contributed by atoms with Gasteiger partial charge in [0, 0.05) is 6.07 Å². The van der Waals surface area contributed by atoms with E-state index in [0.29, 0.717) is 12.5 Å². The maximum Gasteiger partial charge on any atom is 0.238 e. The molecule has 4 nitrogen and oxygen atoms in total. The van der Waals surface area contributed by atoms with Gasteiger partial charge in [-0.25, -0.2) is 8.78 Å². The van der Waals surface area contributed by atoms with Gasteiger partial charge in [0.1, 0.15) is 11.6 Å². The Morgan fingerprint density at radius 2 is 2.00 bits per heavy atom. The lowest BCUT2D eigenvalue weighted by Crippen LogP contribution is -2.40. The first-order valence-corrected chi connectivity index (χ1v) is 6.76. The second-order valence-electron chi connectivity index (χ2n) is 5.13. The van der Waals surface area contributed by atoms with Gasteiger partial charge in [-0.05, 0) is 50.5 Å². The third-order valence-corrected chi connectivity index (χ3v) is 3.61. The molecule has 0 radical (unpaired) electrons. The first-order chi connectivity index (χ1) is 9.58. The number of rotatable bonds is 4. The summed E-state index contributed by atoms with van der Waals surface area (Å²) in [4.78, 5) is 13.8. The molecule has 0 aliphatic carbocycles. The first-order valence-electron chi connectivity index (χ1n) is 6.76. The lowest BCUT2D eigenvalue weighted by atomic mass is 9.97. The smallest absolute Gasteiger partial charge is 0.238 e. The summed E-state index contributed by atoms with van der Waals surface area (Å²) < 4.78 is 26.4. The van der Waals surface area contributed by atoms with Gasteiger partial charge in [-0.1, -0.05) is 0 Å². The van der Waals surface area contributed by atoms with Crippen LogP contribution in [-0.4, -0.2) is 37.0 Å². The molecule has 21 heavy (non-hydrogen) atoms. The molecule has 0 bridgehead atoms. The van der Waals surface area contributed by atoms with Crippen molar-refractivity contribution in [3.05, 3.63) is 29.8 Å². The van der Waals surface area contributed by atoms with Crippen LogP contribution in [0.25, 0.3) is 0 Å². The molecule has 1 amide bonds. The second-order valence-corrected chi connectivity index (χ2v) is 5.13. The van der Waals surface area contributed by atoms with Crippen molar-refractivity contribution in [3.63, 3.8) is 0 Å². The molecule has 1 aliphatic rings. The quantitative estimate of drug-likeness (QED) is 0.892. The van der Waals surface area contributed by atoms with Crippen molar-refractivity contribution in [1.29, 1.82) is 0 Å². The molecule has 2 rings (SSSR count). The van der Waals surface area contributed by atoms with Gasteiger partial charge in [0.2, 0.25) is 5.91 Å². The van der Waals surface area contributed by atoms with E-state index >= 15 is 0 Å². The SMILES string of the molecule is Cl.NCC1CCN(CC(=O)Nc2cc(F)ccc2F)CC1. The molecule has 1 aliphatic heterocycles. The summed E-state index contributed by atoms with van der Waals surface area (Å²) in [6.07, 6.45) is 1.94. The lowest BCUT2D eigenvalue weighted by Gasteiger charge is -2.30. The van der Waals surface area contributed by atoms with Crippen LogP contribution in [0.15, 0.2) is 18.2 Å². The number of carbonyl (C=O) groups excluding carboxylic acids is 1. The van der Waals surface area contributed by atoms with Crippen LogP contribution in [-0.2, 0) is 4.79 Å². The van der Waals surface area contributed by atoms with E-state index in [4.69, 9.17) is 5.73 Å². The average Bonchev–Trinajstić information content (AvgIpc) is 2.43. The average molecular weight is 320 g/mol. The minimum absolute atomic E-state index is 0. The number of anilines is 1. The molecule has 1 aromatic rings. The summed E-state index contributed by atoms with van der Waals surface area (Å²) >= 11 is 0. The predicted octanol–water partition coefficient (Wildman–Crippen LogP) is 2.00. The number of nitrogens with zero attached hydrogens (tertiary/aromatic N) is 1. The molecule has 3 N–H and O–H groups in total. The van der Waals surface area contributed by atoms with Crippen molar-refractivity contribution < 1.29 is 13.6 Å². The van der Waals surface area contributed by atoms with Crippen LogP contribution in [0.3, 0.4) is 0 Å². The molecule has 7 heteroatoms. The van der Waals surface area contributed by atoms with E-state index in [2.05, 4.69) is 5.32 Å². The summed E-state index contributed by atoms with van der Waals surface area (Å²) in [5, 5.41) is 2.40. The monoisotopic (exact) mass is 319 g/mol. The van der Waals surface area contributed by atoms with E-state index in [1.54, 1.807) is 0 Å². The highest BCUT2D eigenvalue weighted by molar-refractivity contribution is 5.92. The lowest BCUT2D eigenvalue weighted by molar-refractivity contribution is -0.117. The van der Waals surface area contributed by atoms with Crippen molar-refractivity contribution in [2.45, 2.75) is 12.8 Å². The molecule has 1 saturated heterocycles. The molecule has 0 spiro atoms. The minimum atomic E-state index is -0.637. The zero-order chi connectivity index (χ0) is 14.5. The van der Waals surface area contributed by atoms with E-state index in [0.717, 1.165) is 44.1 Å². The molecule has 0 aromatic heterocycles. The normalized spacial score (nSPS) is 16.3. The molecule has 1 fully saturated rings. The van der Waals surface area contributed by atoms with Gasteiger partial charge in [0.25, 0.3) is 0 Å². The van der Waals surface area contributed by atoms with Gasteiger partial charge in [-0.2, -0.15) is 0 Å². The highest BCUT2D eigenvalue weighted by Crippen LogP contribution is 2.17. The standard InChI is InChI=1S/C14H19F2N3O.ClH/c15-11-1-2-12(16)13(7-11)18-14(20)9-19-5-3-10(8-17)4-6-19;/h1-2,7,10H,3-6,8-9,17H2,(H,18,20);1H. The zero-order valence-electron chi connectivity index (χ0n) is 11.6. The maximum atomic E-state index is 13.4. The van der Waals surface area contributed by atoms with Crippen molar-refractivity contribution in [1.82, 2.24) is 4.90 Å². The van der Waals surface area contributed by atoms with E-state index < -0.39 is 11.6 Å². The molecule has 1 aromatic carbocycles. The van der Waals surface area contributed by atoms with E-state index in [-0.39, 0.29) is 30.5 Å². The molecule has 0 unspecified atom stereocenters. The molecule has 1 heterocycles. The van der Waals surface area contributed by atoms with Crippen LogP contribution < -0.4 is 11.1 Å². The van der Waals surface area contributed by atoms with Crippen LogP contribution >= 0.6 is 12.4 Å². The van der Waals surface area contributed by atoms with Gasteiger partial charge < -0.3 is 11.1 Å². The van der Waals surface area contributed by atoms with Crippen LogP contribution in [0.1, 0.15) is 12.8 Å². The minimum Gasteiger partial charge on any atom is -0.330 e. The number of nitrogens with two attached hydrogens (primary N) is 1. The molecule has 118 valence electrons. The summed E-state index contributed by atoms with van der Waals surface area (Å²) in [6, 6.07) is 2.99. The van der Waals surface area contributed by atoms with Gasteiger partial charge >= 0.3 is 0 Å². The van der Waals surface area contributed by atoms with E-state index in [1.807, 2.05) is 4.90 Å². The second kappa shape index (κ2) is 8.26. The van der Waals surface area contributed by atoms with Crippen LogP contribution in [0.5, 0.6) is 0 Å². The number of benzene rings is 1.